The molecule has 0 rings (SSSR count). The number of hydrogen-bond acceptors (Lipinski definition) is 5. The molecule has 8 nitrogen and oxygen atoms in total. The largest absolute Gasteiger partial charge is 0.417 e. The maximum Gasteiger partial charge on any atom is 0.417 e. The van der Waals surface area contributed by atoms with Crippen LogP contribution in [0.2, 0.25) is 0 Å². The van der Waals surface area contributed by atoms with E-state index in [1.54, 1.807) is 13.8 Å². The Morgan fingerprint density at radius 2 is 2.00 bits per heavy atom. The van der Waals surface area contributed by atoms with Gasteiger partial charge in [-0.2, -0.15) is 0 Å². The highest BCUT2D eigenvalue weighted by Gasteiger charge is 2.33. The summed E-state index contributed by atoms with van der Waals surface area (Å²) >= 11 is 0. The van der Waals surface area contributed by atoms with Crippen LogP contribution in [0.1, 0.15) is 13.8 Å². The van der Waals surface area contributed by atoms with Crippen molar-refractivity contribution < 1.29 is 28.8 Å². The number of hydroxylamine groups is 1. The third-order valence-electron chi connectivity index (χ3n) is 0.973. The lowest BCUT2D eigenvalue weighted by molar-refractivity contribution is -0.227. The Morgan fingerprint density at radius 3 is 2.36 bits per heavy atom. The summed E-state index contributed by atoms with van der Waals surface area (Å²) in [7, 11) is -4.86. The van der Waals surface area contributed by atoms with E-state index in [9.17, 15) is 9.36 Å². The maximum absolute atomic E-state index is 11.0. The van der Waals surface area contributed by atoms with Crippen molar-refractivity contribution in [2.75, 3.05) is 13.2 Å². The number of carbonyl (C=O) groups is 1. The molecule has 9 heteroatoms. The van der Waals surface area contributed by atoms with Crippen LogP contribution in [0.15, 0.2) is 0 Å². The summed E-state index contributed by atoms with van der Waals surface area (Å²) in [6.07, 6.45) is 0. The normalized spacial score (nSPS) is 11.4. The predicted molar refractivity (Wildman–Crippen MR) is 45.7 cm³/mol. The number of carbonyl (C=O) groups excluding carboxylic acids is 1. The van der Waals surface area contributed by atoms with E-state index in [4.69, 9.17) is 9.79 Å². The summed E-state index contributed by atoms with van der Waals surface area (Å²) in [5, 5.41) is 0.268. The van der Waals surface area contributed by atoms with Crippen molar-refractivity contribution in [1.82, 2.24) is 10.8 Å². The van der Waals surface area contributed by atoms with E-state index in [0.717, 1.165) is 0 Å². The Balaban J connectivity index is 4.33. The van der Waals surface area contributed by atoms with Gasteiger partial charge in [-0.1, -0.05) is 5.59 Å². The standard InChI is InChI=1S/C5H13N2O6P/c1-3-12-6-7(13-4-2)5(8)14(9,10)11/h6H,3-4H2,1-2H3,(H2,9,10,11). The molecule has 0 saturated heterocycles. The van der Waals surface area contributed by atoms with Crippen molar-refractivity contribution in [2.24, 2.45) is 0 Å². The van der Waals surface area contributed by atoms with Gasteiger partial charge in [0.1, 0.15) is 0 Å². The SMILES string of the molecule is CCONN(OCC)C(=O)P(=O)(O)O. The summed E-state index contributed by atoms with van der Waals surface area (Å²) in [5.41, 5.74) is 0.439. The third-order valence-corrected chi connectivity index (χ3v) is 1.65. The second-order valence-electron chi connectivity index (χ2n) is 2.06. The zero-order valence-electron chi connectivity index (χ0n) is 7.84. The summed E-state index contributed by atoms with van der Waals surface area (Å²) in [4.78, 5) is 37.1. The van der Waals surface area contributed by atoms with Crippen LogP contribution in [0.3, 0.4) is 0 Å². The van der Waals surface area contributed by atoms with E-state index in [2.05, 4.69) is 9.68 Å². The second-order valence-corrected chi connectivity index (χ2v) is 3.53. The second kappa shape index (κ2) is 6.07. The molecule has 0 heterocycles. The lowest BCUT2D eigenvalue weighted by Gasteiger charge is -2.20. The quantitative estimate of drug-likeness (QED) is 0.433. The molecule has 0 bridgehead atoms. The summed E-state index contributed by atoms with van der Waals surface area (Å²) in [5.74, 6) is 0. The van der Waals surface area contributed by atoms with Gasteiger partial charge >= 0.3 is 13.2 Å². The van der Waals surface area contributed by atoms with Crippen LogP contribution >= 0.6 is 7.60 Å². The van der Waals surface area contributed by atoms with Gasteiger partial charge in [0.05, 0.1) is 13.2 Å². The van der Waals surface area contributed by atoms with E-state index < -0.39 is 13.2 Å². The van der Waals surface area contributed by atoms with Gasteiger partial charge in [-0.15, -0.1) is 5.17 Å². The molecular weight excluding hydrogens is 215 g/mol. The summed E-state index contributed by atoms with van der Waals surface area (Å²) < 4.78 is 10.5. The number of nitrogens with one attached hydrogen (secondary N) is 1. The minimum atomic E-state index is -4.86. The molecule has 0 saturated carbocycles. The molecule has 0 aromatic carbocycles. The molecule has 1 amide bonds. The van der Waals surface area contributed by atoms with Crippen LogP contribution in [-0.2, 0) is 14.2 Å². The molecule has 0 aliphatic rings. The number of nitrogens with zero attached hydrogens (tertiary/aromatic N) is 1. The van der Waals surface area contributed by atoms with E-state index in [1.165, 1.54) is 0 Å². The molecule has 0 atom stereocenters. The Morgan fingerprint density at radius 1 is 1.43 bits per heavy atom. The molecule has 14 heavy (non-hydrogen) atoms. The molecule has 0 spiro atoms. The number of rotatable bonds is 6. The first-order valence-electron chi connectivity index (χ1n) is 3.84. The minimum Gasteiger partial charge on any atom is -0.318 e. The zero-order valence-corrected chi connectivity index (χ0v) is 8.73. The van der Waals surface area contributed by atoms with Crippen molar-refractivity contribution in [3.63, 3.8) is 0 Å². The fourth-order valence-electron chi connectivity index (χ4n) is 0.491. The Hall–Kier alpha value is -0.500. The van der Waals surface area contributed by atoms with Gasteiger partial charge in [-0.25, -0.2) is 4.57 Å². The summed E-state index contributed by atoms with van der Waals surface area (Å²) in [6, 6.07) is 0. The van der Waals surface area contributed by atoms with E-state index in [0.29, 0.717) is 0 Å². The molecular formula is C5H13N2O6P. The first-order chi connectivity index (χ1) is 6.43. The van der Waals surface area contributed by atoms with Crippen molar-refractivity contribution in [3.8, 4) is 0 Å². The van der Waals surface area contributed by atoms with Crippen LogP contribution in [0, 0.1) is 0 Å². The topological polar surface area (TPSA) is 108 Å². The number of hydrazine groups is 1. The highest BCUT2D eigenvalue weighted by molar-refractivity contribution is 7.69. The lowest BCUT2D eigenvalue weighted by atomic mass is 10.9. The molecule has 0 aromatic heterocycles. The Labute approximate surface area is 80.8 Å². The number of amides is 1. The van der Waals surface area contributed by atoms with Gasteiger partial charge in [0.15, 0.2) is 0 Å². The molecule has 0 aliphatic heterocycles. The van der Waals surface area contributed by atoms with Crippen LogP contribution < -0.4 is 5.59 Å². The van der Waals surface area contributed by atoms with Crippen molar-refractivity contribution >= 4 is 13.2 Å². The Kier molecular flexibility index (Phi) is 5.86. The van der Waals surface area contributed by atoms with Gasteiger partial charge < -0.3 is 9.79 Å². The first kappa shape index (κ1) is 13.5. The van der Waals surface area contributed by atoms with Crippen LogP contribution in [0.4, 0.5) is 4.79 Å². The predicted octanol–water partition coefficient (Wildman–Crippen LogP) is -0.00630. The fraction of sp³-hybridized carbons (Fsp3) is 0.800. The molecule has 0 aromatic rings. The monoisotopic (exact) mass is 228 g/mol. The lowest BCUT2D eigenvalue weighted by Crippen LogP contribution is -2.41. The van der Waals surface area contributed by atoms with Crippen molar-refractivity contribution in [1.29, 1.82) is 0 Å². The van der Waals surface area contributed by atoms with Gasteiger partial charge in [0.25, 0.3) is 0 Å². The highest BCUT2D eigenvalue weighted by Crippen LogP contribution is 2.37. The fourth-order valence-corrected chi connectivity index (χ4v) is 0.826. The van der Waals surface area contributed by atoms with Crippen molar-refractivity contribution in [2.45, 2.75) is 13.8 Å². The first-order valence-corrected chi connectivity index (χ1v) is 5.45. The Bertz CT molecular complexity index is 228. The molecule has 84 valence electrons. The molecule has 3 N–H and O–H groups in total. The smallest absolute Gasteiger partial charge is 0.318 e. The zero-order chi connectivity index (χ0) is 11.2. The van der Waals surface area contributed by atoms with Gasteiger partial charge in [-0.3, -0.25) is 14.5 Å². The molecule has 0 radical (unpaired) electrons. The minimum absolute atomic E-state index is 0.0613. The van der Waals surface area contributed by atoms with Crippen LogP contribution in [0.25, 0.3) is 0 Å². The van der Waals surface area contributed by atoms with Crippen LogP contribution in [-0.4, -0.2) is 33.8 Å². The summed E-state index contributed by atoms with van der Waals surface area (Å²) in [6.45, 7) is 3.44. The van der Waals surface area contributed by atoms with Crippen molar-refractivity contribution in [3.05, 3.63) is 0 Å². The van der Waals surface area contributed by atoms with Gasteiger partial charge in [0.2, 0.25) is 0 Å². The van der Waals surface area contributed by atoms with E-state index in [1.807, 2.05) is 5.59 Å². The van der Waals surface area contributed by atoms with Gasteiger partial charge in [-0.05, 0) is 13.8 Å². The molecule has 0 aliphatic carbocycles. The third kappa shape index (κ3) is 4.66. The number of hydrogen-bond donors (Lipinski definition) is 3. The van der Waals surface area contributed by atoms with Gasteiger partial charge in [0, 0.05) is 0 Å². The molecule has 0 fully saturated rings. The molecule has 0 unspecified atom stereocenters. The average Bonchev–Trinajstić information content (AvgIpc) is 2.09. The van der Waals surface area contributed by atoms with E-state index in [-0.39, 0.29) is 18.4 Å². The van der Waals surface area contributed by atoms with Crippen LogP contribution in [0.5, 0.6) is 0 Å². The highest BCUT2D eigenvalue weighted by atomic mass is 31.2. The average molecular weight is 228 g/mol. The van der Waals surface area contributed by atoms with E-state index >= 15 is 0 Å². The maximum atomic E-state index is 11.0.